The number of esters is 1. The van der Waals surface area contributed by atoms with Crippen molar-refractivity contribution in [2.45, 2.75) is 26.2 Å². The van der Waals surface area contributed by atoms with Crippen molar-refractivity contribution in [3.8, 4) is 0 Å². The lowest BCUT2D eigenvalue weighted by atomic mass is 10.0. The molecule has 0 bridgehead atoms. The van der Waals surface area contributed by atoms with E-state index in [1.807, 2.05) is 31.8 Å². The molecule has 1 aliphatic heterocycles. The molecule has 136 valence electrons. The van der Waals surface area contributed by atoms with E-state index in [2.05, 4.69) is 26.5 Å². The first-order chi connectivity index (χ1) is 11.0. The largest absolute Gasteiger partial charge is 0.469 e. The molecule has 1 N–H and O–H groups in total. The molecule has 0 spiro atoms. The van der Waals surface area contributed by atoms with Crippen LogP contribution in [0.1, 0.15) is 31.7 Å². The van der Waals surface area contributed by atoms with Crippen LogP contribution in [-0.4, -0.2) is 59.9 Å². The number of aliphatic imine (C=N–C) groups is 1. The number of aryl methyl sites for hydroxylation is 1. The van der Waals surface area contributed by atoms with Gasteiger partial charge in [0.1, 0.15) is 0 Å². The van der Waals surface area contributed by atoms with Crippen LogP contribution in [0.3, 0.4) is 0 Å². The van der Waals surface area contributed by atoms with Crippen molar-refractivity contribution in [3.63, 3.8) is 0 Å². The molecule has 24 heavy (non-hydrogen) atoms. The Hall–Kier alpha value is -1.32. The molecule has 0 aliphatic carbocycles. The van der Waals surface area contributed by atoms with E-state index in [4.69, 9.17) is 4.74 Å². The molecule has 1 saturated heterocycles. The van der Waals surface area contributed by atoms with E-state index in [0.717, 1.165) is 32.0 Å². The Bertz CT molecular complexity index is 560. The molecule has 0 radical (unpaired) electrons. The first-order valence-corrected chi connectivity index (χ1v) is 8.14. The molecule has 0 saturated carbocycles. The van der Waals surface area contributed by atoms with Crippen LogP contribution in [0.25, 0.3) is 0 Å². The van der Waals surface area contributed by atoms with Gasteiger partial charge in [-0.15, -0.1) is 24.0 Å². The van der Waals surface area contributed by atoms with Crippen LogP contribution in [0.4, 0.5) is 0 Å². The number of hydrogen-bond donors (Lipinski definition) is 1. The zero-order valence-electron chi connectivity index (χ0n) is 14.9. The Labute approximate surface area is 160 Å². The van der Waals surface area contributed by atoms with Gasteiger partial charge in [-0.05, 0) is 18.9 Å². The zero-order chi connectivity index (χ0) is 16.8. The number of likely N-dealkylation sites (tertiary alicyclic amines) is 1. The summed E-state index contributed by atoms with van der Waals surface area (Å²) in [5.74, 6) is 0.893. The van der Waals surface area contributed by atoms with Gasteiger partial charge in [0.05, 0.1) is 25.8 Å². The smallest absolute Gasteiger partial charge is 0.310 e. The molecule has 7 nitrogen and oxygen atoms in total. The first kappa shape index (κ1) is 20.7. The molecule has 0 aromatic carbocycles. The number of guanidine groups is 1. The molecule has 2 atom stereocenters. The van der Waals surface area contributed by atoms with E-state index >= 15 is 0 Å². The number of hydrogen-bond acceptors (Lipinski definition) is 4. The number of carbonyl (C=O) groups is 1. The van der Waals surface area contributed by atoms with Crippen molar-refractivity contribution < 1.29 is 9.53 Å². The highest BCUT2D eigenvalue weighted by Gasteiger charge is 2.27. The van der Waals surface area contributed by atoms with Crippen molar-refractivity contribution in [2.24, 2.45) is 18.0 Å². The van der Waals surface area contributed by atoms with Crippen LogP contribution in [-0.2, 0) is 16.6 Å². The highest BCUT2D eigenvalue weighted by atomic mass is 127. The Morgan fingerprint density at radius 3 is 2.92 bits per heavy atom. The van der Waals surface area contributed by atoms with E-state index in [0.29, 0.717) is 12.5 Å². The number of aromatic nitrogens is 2. The molecule has 1 aromatic heterocycles. The minimum atomic E-state index is -0.231. The quantitative estimate of drug-likeness (QED) is 0.320. The predicted molar refractivity (Wildman–Crippen MR) is 105 cm³/mol. The second-order valence-corrected chi connectivity index (χ2v) is 6.00. The summed E-state index contributed by atoms with van der Waals surface area (Å²) < 4.78 is 6.60. The van der Waals surface area contributed by atoms with Crippen LogP contribution in [0.15, 0.2) is 17.4 Å². The minimum absolute atomic E-state index is 0. The number of ether oxygens (including phenoxy) is 1. The molecular formula is C16H28IN5O2. The monoisotopic (exact) mass is 449 g/mol. The van der Waals surface area contributed by atoms with E-state index in [1.54, 1.807) is 0 Å². The van der Waals surface area contributed by atoms with Gasteiger partial charge < -0.3 is 15.0 Å². The van der Waals surface area contributed by atoms with Crippen molar-refractivity contribution in [1.82, 2.24) is 20.0 Å². The summed E-state index contributed by atoms with van der Waals surface area (Å²) in [6.45, 7) is 7.00. The summed E-state index contributed by atoms with van der Waals surface area (Å²) in [4.78, 5) is 18.4. The number of halogens is 1. The Morgan fingerprint density at radius 1 is 1.58 bits per heavy atom. The maximum atomic E-state index is 11.5. The third kappa shape index (κ3) is 5.35. The average Bonchev–Trinajstić information content (AvgIpc) is 3.19. The summed E-state index contributed by atoms with van der Waals surface area (Å²) in [7, 11) is 3.35. The normalized spacial score (nSPS) is 18.9. The van der Waals surface area contributed by atoms with Gasteiger partial charge in [-0.1, -0.05) is 6.92 Å². The van der Waals surface area contributed by atoms with Gasteiger partial charge in [0.25, 0.3) is 0 Å². The lowest BCUT2D eigenvalue weighted by molar-refractivity contribution is -0.144. The van der Waals surface area contributed by atoms with Gasteiger partial charge in [-0.3, -0.25) is 14.5 Å². The Kier molecular flexibility index (Phi) is 8.51. The molecule has 1 aliphatic rings. The summed E-state index contributed by atoms with van der Waals surface area (Å²) in [6, 6.07) is 0. The maximum Gasteiger partial charge on any atom is 0.310 e. The van der Waals surface area contributed by atoms with Crippen LogP contribution in [0, 0.1) is 5.92 Å². The van der Waals surface area contributed by atoms with E-state index < -0.39 is 0 Å². The van der Waals surface area contributed by atoms with Gasteiger partial charge in [0, 0.05) is 38.8 Å². The molecule has 2 unspecified atom stereocenters. The average molecular weight is 449 g/mol. The minimum Gasteiger partial charge on any atom is -0.469 e. The highest BCUT2D eigenvalue weighted by Crippen LogP contribution is 2.26. The van der Waals surface area contributed by atoms with Gasteiger partial charge in [-0.2, -0.15) is 5.10 Å². The molecule has 8 heteroatoms. The summed E-state index contributed by atoms with van der Waals surface area (Å²) in [6.07, 6.45) is 5.11. The zero-order valence-corrected chi connectivity index (χ0v) is 17.2. The number of methoxy groups -OCH3 is 1. The summed E-state index contributed by atoms with van der Waals surface area (Å²) in [5.41, 5.74) is 1.27. The fourth-order valence-electron chi connectivity index (χ4n) is 2.80. The fourth-order valence-corrected chi connectivity index (χ4v) is 2.80. The Balaban J connectivity index is 0.00000288. The molecule has 1 fully saturated rings. The van der Waals surface area contributed by atoms with E-state index in [9.17, 15) is 4.79 Å². The number of nitrogens with one attached hydrogen (secondary N) is 1. The van der Waals surface area contributed by atoms with E-state index in [-0.39, 0.29) is 35.9 Å². The standard InChI is InChI=1S/C16H27N5O2.HI/c1-5-17-16(18-8-12(2)15(22)23-4)21-7-6-13(11-21)14-9-19-20(3)10-14;/h9-10,12-13H,5-8,11H2,1-4H3,(H,17,18);1H. The van der Waals surface area contributed by atoms with Gasteiger partial charge in [0.15, 0.2) is 5.96 Å². The van der Waals surface area contributed by atoms with Crippen LogP contribution in [0.2, 0.25) is 0 Å². The highest BCUT2D eigenvalue weighted by molar-refractivity contribution is 14.0. The molecular weight excluding hydrogens is 421 g/mol. The topological polar surface area (TPSA) is 71.8 Å². The van der Waals surface area contributed by atoms with Crippen LogP contribution in [0.5, 0.6) is 0 Å². The van der Waals surface area contributed by atoms with Crippen molar-refractivity contribution >= 4 is 35.9 Å². The third-order valence-corrected chi connectivity index (χ3v) is 4.14. The van der Waals surface area contributed by atoms with Crippen LogP contribution >= 0.6 is 24.0 Å². The second kappa shape index (κ2) is 9.85. The molecule has 0 amide bonds. The first-order valence-electron chi connectivity index (χ1n) is 8.14. The lowest BCUT2D eigenvalue weighted by Gasteiger charge is -2.22. The van der Waals surface area contributed by atoms with Crippen LogP contribution < -0.4 is 5.32 Å². The number of rotatable bonds is 5. The van der Waals surface area contributed by atoms with Gasteiger partial charge in [0.2, 0.25) is 0 Å². The van der Waals surface area contributed by atoms with Crippen molar-refractivity contribution in [2.75, 3.05) is 33.3 Å². The summed E-state index contributed by atoms with van der Waals surface area (Å²) >= 11 is 0. The van der Waals surface area contributed by atoms with E-state index in [1.165, 1.54) is 12.7 Å². The van der Waals surface area contributed by atoms with Gasteiger partial charge >= 0.3 is 5.97 Å². The summed E-state index contributed by atoms with van der Waals surface area (Å²) in [5, 5.41) is 7.57. The SMILES string of the molecule is CCNC(=NCC(C)C(=O)OC)N1CCC(c2cnn(C)c2)C1.I. The van der Waals surface area contributed by atoms with Crippen molar-refractivity contribution in [1.29, 1.82) is 0 Å². The lowest BCUT2D eigenvalue weighted by Crippen LogP contribution is -2.40. The molecule has 1 aromatic rings. The fraction of sp³-hybridized carbons (Fsp3) is 0.688. The third-order valence-electron chi connectivity index (χ3n) is 4.14. The number of nitrogens with zero attached hydrogens (tertiary/aromatic N) is 4. The molecule has 2 heterocycles. The Morgan fingerprint density at radius 2 is 2.33 bits per heavy atom. The second-order valence-electron chi connectivity index (χ2n) is 6.00. The predicted octanol–water partition coefficient (Wildman–Crippen LogP) is 1.60. The van der Waals surface area contributed by atoms with Crippen molar-refractivity contribution in [3.05, 3.63) is 18.0 Å². The number of carbonyl (C=O) groups excluding carboxylic acids is 1. The van der Waals surface area contributed by atoms with Gasteiger partial charge in [-0.25, -0.2) is 0 Å². The maximum absolute atomic E-state index is 11.5. The molecule has 2 rings (SSSR count).